The molecule has 0 aliphatic rings. The van der Waals surface area contributed by atoms with E-state index in [1.807, 2.05) is 35.7 Å². The van der Waals surface area contributed by atoms with Crippen molar-refractivity contribution in [2.75, 3.05) is 5.32 Å². The smallest absolute Gasteiger partial charge is 0.339 e. The third kappa shape index (κ3) is 2.19. The Bertz CT molecular complexity index is 843. The van der Waals surface area contributed by atoms with Crippen molar-refractivity contribution >= 4 is 32.9 Å². The first-order valence-corrected chi connectivity index (χ1v) is 6.39. The van der Waals surface area contributed by atoms with Crippen molar-refractivity contribution in [3.63, 3.8) is 0 Å². The van der Waals surface area contributed by atoms with Crippen LogP contribution in [0.1, 0.15) is 5.69 Å². The van der Waals surface area contributed by atoms with Crippen LogP contribution in [-0.4, -0.2) is 9.97 Å². The summed E-state index contributed by atoms with van der Waals surface area (Å²) in [5.74, 6) is 0.365. The number of nitrogens with one attached hydrogen (secondary N) is 2. The average molecular weight is 268 g/mol. The Morgan fingerprint density at radius 2 is 2.21 bits per heavy atom. The molecule has 92 valence electrons. The number of hydrogen-bond donors (Lipinski definition) is 2. The van der Waals surface area contributed by atoms with Crippen molar-refractivity contribution in [3.8, 4) is 6.07 Å². The van der Waals surface area contributed by atoms with E-state index in [1.54, 1.807) is 11.3 Å². The fourth-order valence-electron chi connectivity index (χ4n) is 1.79. The molecule has 3 aromatic rings. The van der Waals surface area contributed by atoms with E-state index >= 15 is 0 Å². The molecule has 2 heterocycles. The van der Waals surface area contributed by atoms with Gasteiger partial charge in [0.2, 0.25) is 0 Å². The number of aromatic amines is 1. The molecule has 0 atom stereocenters. The first-order valence-electron chi connectivity index (χ1n) is 5.51. The molecule has 0 aliphatic heterocycles. The Labute approximate surface area is 112 Å². The van der Waals surface area contributed by atoms with E-state index in [2.05, 4.69) is 15.3 Å². The summed E-state index contributed by atoms with van der Waals surface area (Å²) in [5, 5.41) is 14.9. The van der Waals surface area contributed by atoms with E-state index in [0.717, 1.165) is 15.8 Å². The number of benzene rings is 1. The largest absolute Gasteiger partial charge is 0.347 e. The zero-order chi connectivity index (χ0) is 13.2. The third-order valence-electron chi connectivity index (χ3n) is 2.61. The minimum atomic E-state index is -0.541. The van der Waals surface area contributed by atoms with Gasteiger partial charge in [0.1, 0.15) is 17.6 Å². The van der Waals surface area contributed by atoms with Crippen molar-refractivity contribution in [2.24, 2.45) is 0 Å². The summed E-state index contributed by atoms with van der Waals surface area (Å²) in [6.07, 6.45) is 0. The predicted octanol–water partition coefficient (Wildman–Crippen LogP) is 2.60. The number of fused-ring (bicyclic) bond motifs is 1. The number of aromatic nitrogens is 2. The summed E-state index contributed by atoms with van der Waals surface area (Å²) in [6.45, 7) is 0. The lowest BCUT2D eigenvalue weighted by molar-refractivity contribution is 1.06. The zero-order valence-electron chi connectivity index (χ0n) is 9.68. The Balaban J connectivity index is 2.04. The maximum absolute atomic E-state index is 11.3. The Hall–Kier alpha value is -2.65. The van der Waals surface area contributed by atoms with Crippen LogP contribution in [0, 0.1) is 11.3 Å². The molecule has 5 nitrogen and oxygen atoms in total. The number of thiophene rings is 1. The summed E-state index contributed by atoms with van der Waals surface area (Å²) in [7, 11) is 0. The lowest BCUT2D eigenvalue weighted by atomic mass is 10.2. The summed E-state index contributed by atoms with van der Waals surface area (Å²) in [4.78, 5) is 17.5. The van der Waals surface area contributed by atoms with Crippen LogP contribution in [-0.2, 0) is 0 Å². The molecule has 0 spiro atoms. The monoisotopic (exact) mass is 268 g/mol. The molecule has 3 rings (SSSR count). The van der Waals surface area contributed by atoms with Crippen molar-refractivity contribution < 1.29 is 0 Å². The fourth-order valence-corrected chi connectivity index (χ4v) is 2.69. The molecule has 19 heavy (non-hydrogen) atoms. The van der Waals surface area contributed by atoms with Gasteiger partial charge in [-0.2, -0.15) is 10.2 Å². The summed E-state index contributed by atoms with van der Waals surface area (Å²) < 4.78 is 1.15. The number of rotatable bonds is 2. The quantitative estimate of drug-likeness (QED) is 0.748. The molecule has 0 saturated carbocycles. The van der Waals surface area contributed by atoms with Gasteiger partial charge in [-0.3, -0.25) is 4.98 Å². The summed E-state index contributed by atoms with van der Waals surface area (Å²) >= 11 is 1.61. The minimum Gasteiger partial charge on any atom is -0.339 e. The van der Waals surface area contributed by atoms with Gasteiger partial charge in [-0.15, -0.1) is 11.3 Å². The average Bonchev–Trinajstić information content (AvgIpc) is 2.82. The predicted molar refractivity (Wildman–Crippen MR) is 74.7 cm³/mol. The topological polar surface area (TPSA) is 81.6 Å². The normalized spacial score (nSPS) is 10.3. The molecule has 0 radical (unpaired) electrons. The van der Waals surface area contributed by atoms with E-state index in [0.29, 0.717) is 5.82 Å². The van der Waals surface area contributed by atoms with Crippen LogP contribution in [0.15, 0.2) is 40.5 Å². The molecule has 0 amide bonds. The Morgan fingerprint density at radius 1 is 1.37 bits per heavy atom. The highest BCUT2D eigenvalue weighted by Crippen LogP contribution is 2.31. The van der Waals surface area contributed by atoms with Gasteiger partial charge in [-0.05, 0) is 6.07 Å². The highest BCUT2D eigenvalue weighted by Gasteiger charge is 2.05. The second-order valence-corrected chi connectivity index (χ2v) is 4.78. The van der Waals surface area contributed by atoms with Crippen LogP contribution in [0.25, 0.3) is 10.1 Å². The number of anilines is 2. The van der Waals surface area contributed by atoms with Gasteiger partial charge in [-0.25, -0.2) is 4.79 Å². The van der Waals surface area contributed by atoms with Crippen molar-refractivity contribution in [2.45, 2.75) is 0 Å². The van der Waals surface area contributed by atoms with Crippen LogP contribution in [0.3, 0.4) is 0 Å². The lowest BCUT2D eigenvalue weighted by Crippen LogP contribution is -2.13. The molecule has 0 aliphatic carbocycles. The number of hydrogen-bond acceptors (Lipinski definition) is 5. The molecule has 0 bridgehead atoms. The second-order valence-electron chi connectivity index (χ2n) is 3.87. The second kappa shape index (κ2) is 4.55. The lowest BCUT2D eigenvalue weighted by Gasteiger charge is -2.03. The fraction of sp³-hybridized carbons (Fsp3) is 0. The van der Waals surface area contributed by atoms with Gasteiger partial charge < -0.3 is 5.32 Å². The van der Waals surface area contributed by atoms with Gasteiger partial charge in [0, 0.05) is 21.5 Å². The number of H-pyrrole nitrogens is 1. The molecule has 2 N–H and O–H groups in total. The van der Waals surface area contributed by atoms with E-state index in [1.165, 1.54) is 6.07 Å². The highest BCUT2D eigenvalue weighted by molar-refractivity contribution is 7.17. The van der Waals surface area contributed by atoms with Gasteiger partial charge in [0.25, 0.3) is 0 Å². The van der Waals surface area contributed by atoms with E-state index < -0.39 is 5.69 Å². The van der Waals surface area contributed by atoms with Gasteiger partial charge in [0.15, 0.2) is 0 Å². The first kappa shape index (κ1) is 11.4. The van der Waals surface area contributed by atoms with E-state index in [-0.39, 0.29) is 5.69 Å². The molecular formula is C13H8N4OS. The van der Waals surface area contributed by atoms with Crippen molar-refractivity contribution in [1.29, 1.82) is 5.26 Å². The summed E-state index contributed by atoms with van der Waals surface area (Å²) in [5.41, 5.74) is 0.519. The van der Waals surface area contributed by atoms with E-state index in [9.17, 15) is 4.79 Å². The SMILES string of the molecule is N#Cc1cc(Nc2csc3ccccc23)nc(=O)[nH]1. The van der Waals surface area contributed by atoms with Gasteiger partial charge in [0.05, 0.1) is 5.69 Å². The van der Waals surface area contributed by atoms with Crippen LogP contribution in [0.2, 0.25) is 0 Å². The molecule has 2 aromatic heterocycles. The van der Waals surface area contributed by atoms with Crippen molar-refractivity contribution in [1.82, 2.24) is 9.97 Å². The third-order valence-corrected chi connectivity index (χ3v) is 3.57. The van der Waals surface area contributed by atoms with Crippen LogP contribution >= 0.6 is 11.3 Å². The number of nitrogens with zero attached hydrogens (tertiary/aromatic N) is 2. The van der Waals surface area contributed by atoms with Gasteiger partial charge in [-0.1, -0.05) is 18.2 Å². The molecule has 0 fully saturated rings. The molecule has 0 unspecified atom stereocenters. The van der Waals surface area contributed by atoms with Crippen molar-refractivity contribution in [3.05, 3.63) is 51.9 Å². The Kier molecular flexibility index (Phi) is 2.74. The first-order chi connectivity index (χ1) is 9.26. The van der Waals surface area contributed by atoms with Crippen LogP contribution in [0.4, 0.5) is 11.5 Å². The highest BCUT2D eigenvalue weighted by atomic mass is 32.1. The van der Waals surface area contributed by atoms with Crippen LogP contribution in [0.5, 0.6) is 0 Å². The molecule has 1 aromatic carbocycles. The molecular weight excluding hydrogens is 260 g/mol. The minimum absolute atomic E-state index is 0.182. The molecule has 0 saturated heterocycles. The van der Waals surface area contributed by atoms with Gasteiger partial charge >= 0.3 is 5.69 Å². The maximum Gasteiger partial charge on any atom is 0.347 e. The zero-order valence-corrected chi connectivity index (χ0v) is 10.5. The summed E-state index contributed by atoms with van der Waals surface area (Å²) in [6, 6.07) is 11.3. The van der Waals surface area contributed by atoms with E-state index in [4.69, 9.17) is 5.26 Å². The van der Waals surface area contributed by atoms with Crippen LogP contribution < -0.4 is 11.0 Å². The maximum atomic E-state index is 11.3. The number of nitriles is 1. The Morgan fingerprint density at radius 3 is 3.05 bits per heavy atom. The molecule has 6 heteroatoms. The standard InChI is InChI=1S/C13H8N4OS/c14-6-8-5-12(17-13(18)15-8)16-10-7-19-11-4-2-1-3-9(10)11/h1-5,7H,(H2,15,16,17,18).